The summed E-state index contributed by atoms with van der Waals surface area (Å²) in [6.45, 7) is 2.26. The van der Waals surface area contributed by atoms with Crippen LogP contribution in [0.4, 0.5) is 0 Å². The molecule has 0 aliphatic carbocycles. The van der Waals surface area contributed by atoms with Crippen LogP contribution in [-0.4, -0.2) is 50.8 Å². The molecule has 2 aliphatic rings. The van der Waals surface area contributed by atoms with E-state index in [-0.39, 0.29) is 17.2 Å². The second-order valence-corrected chi connectivity index (χ2v) is 9.86. The number of amides is 1. The molecule has 154 valence electrons. The molecule has 2 aromatic carbocycles. The molecule has 1 saturated heterocycles. The monoisotopic (exact) mass is 415 g/mol. The molecule has 2 aliphatic heterocycles. The van der Waals surface area contributed by atoms with Gasteiger partial charge < -0.3 is 14.4 Å². The summed E-state index contributed by atoms with van der Waals surface area (Å²) in [5.74, 6) is 0.838. The van der Waals surface area contributed by atoms with E-state index in [0.29, 0.717) is 26.3 Å². The van der Waals surface area contributed by atoms with Crippen molar-refractivity contribution in [3.05, 3.63) is 59.7 Å². The van der Waals surface area contributed by atoms with Crippen molar-refractivity contribution < 1.29 is 22.7 Å². The number of carbonyl (C=O) groups excluding carboxylic acids is 1. The first-order valence-corrected chi connectivity index (χ1v) is 11.7. The molecular weight excluding hydrogens is 390 g/mol. The summed E-state index contributed by atoms with van der Waals surface area (Å²) >= 11 is 0. The molecule has 2 aromatic rings. The van der Waals surface area contributed by atoms with Gasteiger partial charge in [0.15, 0.2) is 9.84 Å². The lowest BCUT2D eigenvalue weighted by Gasteiger charge is -2.39. The molecule has 29 heavy (non-hydrogen) atoms. The van der Waals surface area contributed by atoms with Crippen LogP contribution in [0, 0.1) is 0 Å². The van der Waals surface area contributed by atoms with Gasteiger partial charge >= 0.3 is 0 Å². The lowest BCUT2D eigenvalue weighted by atomic mass is 9.93. The molecular formula is C22H25NO5S. The number of hydrogen-bond donors (Lipinski definition) is 0. The Morgan fingerprint density at radius 1 is 1.07 bits per heavy atom. The summed E-state index contributed by atoms with van der Waals surface area (Å²) in [6, 6.07) is 14.4. The minimum Gasteiger partial charge on any atom is -0.485 e. The Balaban J connectivity index is 1.56. The van der Waals surface area contributed by atoms with Crippen molar-refractivity contribution in [2.75, 3.05) is 26.0 Å². The predicted molar refractivity (Wildman–Crippen MR) is 109 cm³/mol. The molecule has 2 heterocycles. The highest BCUT2D eigenvalue weighted by Crippen LogP contribution is 2.35. The van der Waals surface area contributed by atoms with Crippen LogP contribution in [0.3, 0.4) is 0 Å². The third-order valence-electron chi connectivity index (χ3n) is 5.60. The Morgan fingerprint density at radius 2 is 1.76 bits per heavy atom. The van der Waals surface area contributed by atoms with Crippen LogP contribution in [0.2, 0.25) is 0 Å². The highest BCUT2D eigenvalue weighted by molar-refractivity contribution is 7.90. The molecule has 0 N–H and O–H groups in total. The second kappa shape index (κ2) is 7.80. The van der Waals surface area contributed by atoms with Crippen LogP contribution in [0.15, 0.2) is 53.4 Å². The molecule has 0 saturated carbocycles. The highest BCUT2D eigenvalue weighted by atomic mass is 32.2. The average Bonchev–Trinajstić information content (AvgIpc) is 2.85. The van der Waals surface area contributed by atoms with Gasteiger partial charge in [0, 0.05) is 31.2 Å². The first-order valence-electron chi connectivity index (χ1n) is 9.76. The SMILES string of the molecule is CS(=O)(=O)c1ccc(CC(=O)N2Cc3ccccc3OC3(CCOCC3)C2)cc1. The lowest BCUT2D eigenvalue weighted by Crippen LogP contribution is -2.51. The molecule has 1 spiro atoms. The summed E-state index contributed by atoms with van der Waals surface area (Å²) in [4.78, 5) is 15.3. The van der Waals surface area contributed by atoms with Gasteiger partial charge in [-0.1, -0.05) is 30.3 Å². The van der Waals surface area contributed by atoms with Crippen LogP contribution in [0.25, 0.3) is 0 Å². The number of hydrogen-bond acceptors (Lipinski definition) is 5. The van der Waals surface area contributed by atoms with Gasteiger partial charge in [0.2, 0.25) is 5.91 Å². The fourth-order valence-corrected chi connectivity index (χ4v) is 4.56. The van der Waals surface area contributed by atoms with Crippen LogP contribution in [0.5, 0.6) is 5.75 Å². The van der Waals surface area contributed by atoms with E-state index >= 15 is 0 Å². The maximum atomic E-state index is 13.2. The summed E-state index contributed by atoms with van der Waals surface area (Å²) in [5.41, 5.74) is 1.36. The summed E-state index contributed by atoms with van der Waals surface area (Å²) in [5, 5.41) is 0. The zero-order chi connectivity index (χ0) is 20.5. The Hall–Kier alpha value is -2.38. The molecule has 4 rings (SSSR count). The minimum atomic E-state index is -3.25. The number of sulfone groups is 1. The van der Waals surface area contributed by atoms with E-state index in [9.17, 15) is 13.2 Å². The zero-order valence-corrected chi connectivity index (χ0v) is 17.3. The maximum Gasteiger partial charge on any atom is 0.227 e. The van der Waals surface area contributed by atoms with Crippen molar-refractivity contribution in [3.63, 3.8) is 0 Å². The van der Waals surface area contributed by atoms with Crippen LogP contribution in [0.1, 0.15) is 24.0 Å². The topological polar surface area (TPSA) is 72.9 Å². The van der Waals surface area contributed by atoms with E-state index in [2.05, 4.69) is 0 Å². The van der Waals surface area contributed by atoms with Gasteiger partial charge in [-0.2, -0.15) is 0 Å². The summed E-state index contributed by atoms with van der Waals surface area (Å²) in [7, 11) is -3.25. The van der Waals surface area contributed by atoms with Crippen LogP contribution >= 0.6 is 0 Å². The fourth-order valence-electron chi connectivity index (χ4n) is 3.93. The third-order valence-corrected chi connectivity index (χ3v) is 6.73. The Labute approximate surface area is 171 Å². The van der Waals surface area contributed by atoms with E-state index in [1.54, 1.807) is 24.3 Å². The number of nitrogens with zero attached hydrogens (tertiary/aromatic N) is 1. The number of benzene rings is 2. The van der Waals surface area contributed by atoms with Crippen molar-refractivity contribution in [2.24, 2.45) is 0 Å². The zero-order valence-electron chi connectivity index (χ0n) is 16.5. The molecule has 7 heteroatoms. The molecule has 6 nitrogen and oxygen atoms in total. The van der Waals surface area contributed by atoms with E-state index in [0.717, 1.165) is 29.7 Å². The quantitative estimate of drug-likeness (QED) is 0.771. The number of fused-ring (bicyclic) bond motifs is 1. The molecule has 1 fully saturated rings. The van der Waals surface area contributed by atoms with Crippen LogP contribution < -0.4 is 4.74 Å². The second-order valence-electron chi connectivity index (χ2n) is 7.85. The minimum absolute atomic E-state index is 0.00303. The van der Waals surface area contributed by atoms with Crippen LogP contribution in [-0.2, 0) is 32.3 Å². The standard InChI is InChI=1S/C22H25NO5S/c1-29(25,26)19-8-6-17(7-9-19)14-21(24)23-15-18-4-2-3-5-20(18)28-22(16-23)10-12-27-13-11-22/h2-9H,10-16H2,1H3. The van der Waals surface area contributed by atoms with Gasteiger partial charge in [0.1, 0.15) is 11.4 Å². The number of carbonyl (C=O) groups is 1. The number of ether oxygens (including phenoxy) is 2. The largest absolute Gasteiger partial charge is 0.485 e. The summed E-state index contributed by atoms with van der Waals surface area (Å²) < 4.78 is 35.2. The Kier molecular flexibility index (Phi) is 5.36. The van der Waals surface area contributed by atoms with E-state index in [1.807, 2.05) is 29.2 Å². The van der Waals surface area contributed by atoms with Gasteiger partial charge in [-0.3, -0.25) is 4.79 Å². The molecule has 0 unspecified atom stereocenters. The molecule has 0 atom stereocenters. The first kappa shape index (κ1) is 19.9. The summed E-state index contributed by atoms with van der Waals surface area (Å²) in [6.07, 6.45) is 2.89. The number of para-hydroxylation sites is 1. The smallest absolute Gasteiger partial charge is 0.227 e. The fraction of sp³-hybridized carbons (Fsp3) is 0.409. The van der Waals surface area contributed by atoms with Gasteiger partial charge in [-0.15, -0.1) is 0 Å². The molecule has 0 aromatic heterocycles. The first-order chi connectivity index (χ1) is 13.8. The van der Waals surface area contributed by atoms with Crippen molar-refractivity contribution in [3.8, 4) is 5.75 Å². The highest BCUT2D eigenvalue weighted by Gasteiger charge is 2.40. The van der Waals surface area contributed by atoms with Gasteiger partial charge in [0.05, 0.1) is 31.1 Å². The van der Waals surface area contributed by atoms with Gasteiger partial charge in [-0.25, -0.2) is 8.42 Å². The van der Waals surface area contributed by atoms with Crippen molar-refractivity contribution in [1.82, 2.24) is 4.90 Å². The third kappa shape index (κ3) is 4.46. The Morgan fingerprint density at radius 3 is 2.45 bits per heavy atom. The molecule has 0 bridgehead atoms. The van der Waals surface area contributed by atoms with Crippen molar-refractivity contribution in [2.45, 2.75) is 36.3 Å². The lowest BCUT2D eigenvalue weighted by molar-refractivity contribution is -0.135. The Bertz CT molecular complexity index is 994. The number of rotatable bonds is 3. The van der Waals surface area contributed by atoms with Crippen molar-refractivity contribution >= 4 is 15.7 Å². The maximum absolute atomic E-state index is 13.2. The molecule has 1 amide bonds. The van der Waals surface area contributed by atoms with Gasteiger partial charge in [0.25, 0.3) is 0 Å². The normalized spacial score (nSPS) is 18.6. The van der Waals surface area contributed by atoms with E-state index in [1.165, 1.54) is 6.26 Å². The predicted octanol–water partition coefficient (Wildman–Crippen LogP) is 2.60. The van der Waals surface area contributed by atoms with E-state index < -0.39 is 15.4 Å². The van der Waals surface area contributed by atoms with Gasteiger partial charge in [-0.05, 0) is 23.8 Å². The molecule has 0 radical (unpaired) electrons. The van der Waals surface area contributed by atoms with Crippen molar-refractivity contribution in [1.29, 1.82) is 0 Å². The van der Waals surface area contributed by atoms with E-state index in [4.69, 9.17) is 9.47 Å². The average molecular weight is 416 g/mol.